The summed E-state index contributed by atoms with van der Waals surface area (Å²) in [4.78, 5) is 36.9. The number of hydrogen-bond acceptors (Lipinski definition) is 5. The van der Waals surface area contributed by atoms with Crippen molar-refractivity contribution in [3.05, 3.63) is 84.2 Å². The molecule has 204 valence electrons. The van der Waals surface area contributed by atoms with Gasteiger partial charge in [0.2, 0.25) is 0 Å². The number of carbonyl (C=O) groups is 2. The fourth-order valence-corrected chi connectivity index (χ4v) is 5.28. The molecule has 0 aliphatic carbocycles. The summed E-state index contributed by atoms with van der Waals surface area (Å²) in [6, 6.07) is 13.7. The van der Waals surface area contributed by atoms with Crippen molar-refractivity contribution in [1.82, 2.24) is 24.3 Å². The monoisotopic (exact) mass is 540 g/mol. The van der Waals surface area contributed by atoms with Gasteiger partial charge in [0.05, 0.1) is 24.0 Å². The van der Waals surface area contributed by atoms with E-state index in [2.05, 4.69) is 14.9 Å². The Balaban J connectivity index is 1.40. The van der Waals surface area contributed by atoms with Gasteiger partial charge in [0, 0.05) is 66.0 Å². The SMILES string of the molecule is CN1CCN(C(=O)c2ccc3c(c2)[nH]c2c(C(N)=O)ccc(-c4cccc(OCCn5ccnc5)c4F)c23)CC1. The van der Waals surface area contributed by atoms with Gasteiger partial charge in [-0.3, -0.25) is 9.59 Å². The summed E-state index contributed by atoms with van der Waals surface area (Å²) in [5.74, 6) is -1.02. The van der Waals surface area contributed by atoms with Crippen LogP contribution in [0.15, 0.2) is 67.3 Å². The van der Waals surface area contributed by atoms with Crippen LogP contribution in [0.5, 0.6) is 5.75 Å². The van der Waals surface area contributed by atoms with Crippen LogP contribution in [0.3, 0.4) is 0 Å². The summed E-state index contributed by atoms with van der Waals surface area (Å²) in [5.41, 5.74) is 8.61. The second kappa shape index (κ2) is 10.5. The van der Waals surface area contributed by atoms with Gasteiger partial charge in [-0.25, -0.2) is 9.37 Å². The van der Waals surface area contributed by atoms with Gasteiger partial charge in [0.1, 0.15) is 6.61 Å². The molecule has 3 N–H and O–H groups in total. The zero-order chi connectivity index (χ0) is 27.8. The lowest BCUT2D eigenvalue weighted by molar-refractivity contribution is 0.0664. The Labute approximate surface area is 229 Å². The smallest absolute Gasteiger partial charge is 0.254 e. The van der Waals surface area contributed by atoms with Crippen LogP contribution in [0.1, 0.15) is 20.7 Å². The molecular formula is C30H29FN6O3. The number of halogens is 1. The molecule has 0 bridgehead atoms. The summed E-state index contributed by atoms with van der Waals surface area (Å²) in [7, 11) is 2.04. The zero-order valence-corrected chi connectivity index (χ0v) is 22.1. The number of carbonyl (C=O) groups excluding carboxylic acids is 2. The second-order valence-electron chi connectivity index (χ2n) is 10.0. The number of likely N-dealkylation sites (N-methyl/N-ethyl adjacent to an activating group) is 1. The van der Waals surface area contributed by atoms with Crippen LogP contribution in [0, 0.1) is 5.82 Å². The number of primary amides is 1. The number of piperazine rings is 1. The predicted octanol–water partition coefficient (Wildman–Crippen LogP) is 3.89. The van der Waals surface area contributed by atoms with E-state index >= 15 is 4.39 Å². The van der Waals surface area contributed by atoms with Crippen molar-refractivity contribution < 1.29 is 18.7 Å². The molecule has 0 saturated carbocycles. The first kappa shape index (κ1) is 25.6. The lowest BCUT2D eigenvalue weighted by atomic mass is 9.96. The molecule has 9 nitrogen and oxygen atoms in total. The first-order chi connectivity index (χ1) is 19.4. The summed E-state index contributed by atoms with van der Waals surface area (Å²) < 4.78 is 23.4. The number of ether oxygens (including phenoxy) is 1. The van der Waals surface area contributed by atoms with E-state index in [9.17, 15) is 9.59 Å². The van der Waals surface area contributed by atoms with Crippen LogP contribution in [0.4, 0.5) is 4.39 Å². The molecule has 2 amide bonds. The van der Waals surface area contributed by atoms with Gasteiger partial charge in [-0.15, -0.1) is 0 Å². The molecule has 40 heavy (non-hydrogen) atoms. The fourth-order valence-electron chi connectivity index (χ4n) is 5.28. The van der Waals surface area contributed by atoms with E-state index in [-0.39, 0.29) is 23.8 Å². The van der Waals surface area contributed by atoms with Crippen LogP contribution in [0.2, 0.25) is 0 Å². The molecule has 0 spiro atoms. The molecular weight excluding hydrogens is 511 g/mol. The maximum Gasteiger partial charge on any atom is 0.254 e. The zero-order valence-electron chi connectivity index (χ0n) is 22.1. The van der Waals surface area contributed by atoms with Crippen molar-refractivity contribution in [3.8, 4) is 16.9 Å². The molecule has 0 atom stereocenters. The van der Waals surface area contributed by atoms with Crippen LogP contribution < -0.4 is 10.5 Å². The maximum atomic E-state index is 15.8. The summed E-state index contributed by atoms with van der Waals surface area (Å²) in [5, 5.41) is 1.41. The Bertz CT molecular complexity index is 1720. The van der Waals surface area contributed by atoms with Crippen molar-refractivity contribution >= 4 is 33.6 Å². The van der Waals surface area contributed by atoms with Gasteiger partial charge in [0.15, 0.2) is 11.6 Å². The molecule has 10 heteroatoms. The van der Waals surface area contributed by atoms with Crippen LogP contribution in [-0.2, 0) is 6.54 Å². The Hall–Kier alpha value is -4.70. The number of rotatable bonds is 7. The van der Waals surface area contributed by atoms with Gasteiger partial charge in [-0.1, -0.05) is 24.3 Å². The highest BCUT2D eigenvalue weighted by Gasteiger charge is 2.23. The normalized spacial score (nSPS) is 14.2. The van der Waals surface area contributed by atoms with E-state index in [1.165, 1.54) is 0 Å². The van der Waals surface area contributed by atoms with Crippen molar-refractivity contribution in [3.63, 3.8) is 0 Å². The highest BCUT2D eigenvalue weighted by Crippen LogP contribution is 2.39. The third-order valence-electron chi connectivity index (χ3n) is 7.48. The maximum absolute atomic E-state index is 15.8. The largest absolute Gasteiger partial charge is 0.489 e. The van der Waals surface area contributed by atoms with E-state index < -0.39 is 11.7 Å². The lowest BCUT2D eigenvalue weighted by Crippen LogP contribution is -2.47. The first-order valence-corrected chi connectivity index (χ1v) is 13.1. The third kappa shape index (κ3) is 4.66. The quantitative estimate of drug-likeness (QED) is 0.326. The van der Waals surface area contributed by atoms with Gasteiger partial charge >= 0.3 is 0 Å². The molecule has 5 aromatic rings. The van der Waals surface area contributed by atoms with Crippen LogP contribution in [-0.4, -0.2) is 76.0 Å². The number of aromatic nitrogens is 3. The third-order valence-corrected chi connectivity index (χ3v) is 7.48. The van der Waals surface area contributed by atoms with Gasteiger partial charge in [-0.05, 0) is 36.9 Å². The summed E-state index contributed by atoms with van der Waals surface area (Å²) in [6.07, 6.45) is 5.16. The number of hydrogen-bond donors (Lipinski definition) is 2. The number of imidazole rings is 1. The van der Waals surface area contributed by atoms with Crippen molar-refractivity contribution in [1.29, 1.82) is 0 Å². The number of nitrogens with zero attached hydrogens (tertiary/aromatic N) is 4. The molecule has 1 fully saturated rings. The number of nitrogens with one attached hydrogen (secondary N) is 1. The number of fused-ring (bicyclic) bond motifs is 3. The number of amides is 2. The van der Waals surface area contributed by atoms with E-state index in [0.29, 0.717) is 52.7 Å². The minimum absolute atomic E-state index is 0.0457. The highest BCUT2D eigenvalue weighted by molar-refractivity contribution is 6.20. The molecule has 1 saturated heterocycles. The molecule has 0 unspecified atom stereocenters. The van der Waals surface area contributed by atoms with Crippen molar-refractivity contribution in [2.75, 3.05) is 39.8 Å². The first-order valence-electron chi connectivity index (χ1n) is 13.1. The lowest BCUT2D eigenvalue weighted by Gasteiger charge is -2.32. The Morgan fingerprint density at radius 3 is 2.65 bits per heavy atom. The molecule has 1 aliphatic heterocycles. The molecule has 1 aliphatic rings. The number of benzene rings is 3. The summed E-state index contributed by atoms with van der Waals surface area (Å²) in [6.45, 7) is 3.77. The number of nitrogens with two attached hydrogens (primary N) is 1. The number of aromatic amines is 1. The highest BCUT2D eigenvalue weighted by atomic mass is 19.1. The van der Waals surface area contributed by atoms with E-state index in [1.54, 1.807) is 55.0 Å². The Morgan fingerprint density at radius 2 is 1.90 bits per heavy atom. The van der Waals surface area contributed by atoms with Crippen molar-refractivity contribution in [2.45, 2.75) is 6.54 Å². The molecule has 3 heterocycles. The van der Waals surface area contributed by atoms with Gasteiger partial charge in [-0.2, -0.15) is 0 Å². The summed E-state index contributed by atoms with van der Waals surface area (Å²) >= 11 is 0. The standard InChI is InChI=1S/C30H29FN6O3/c1-35-11-13-37(14-12-35)30(39)19-5-6-22-24(17-19)34-28-23(29(32)38)8-7-20(26(22)28)21-3-2-4-25(27(21)31)40-16-15-36-10-9-33-18-36/h2-10,17-18,34H,11-16H2,1H3,(H2,32,38). The van der Waals surface area contributed by atoms with Crippen LogP contribution in [0.25, 0.3) is 32.9 Å². The molecule has 0 radical (unpaired) electrons. The van der Waals surface area contributed by atoms with Crippen molar-refractivity contribution in [2.24, 2.45) is 5.73 Å². The van der Waals surface area contributed by atoms with E-state index in [1.807, 2.05) is 28.8 Å². The Morgan fingerprint density at radius 1 is 1.07 bits per heavy atom. The molecule has 2 aromatic heterocycles. The number of H-pyrrole nitrogens is 1. The van der Waals surface area contributed by atoms with Crippen LogP contribution >= 0.6 is 0 Å². The average molecular weight is 541 g/mol. The topological polar surface area (TPSA) is 109 Å². The molecule has 6 rings (SSSR count). The minimum Gasteiger partial charge on any atom is -0.489 e. The van der Waals surface area contributed by atoms with E-state index in [4.69, 9.17) is 10.5 Å². The van der Waals surface area contributed by atoms with Gasteiger partial charge < -0.3 is 29.8 Å². The molecule has 3 aromatic carbocycles. The fraction of sp³-hybridized carbons (Fsp3) is 0.233. The second-order valence-corrected chi connectivity index (χ2v) is 10.0. The predicted molar refractivity (Wildman–Crippen MR) is 151 cm³/mol. The Kier molecular flexibility index (Phi) is 6.69. The minimum atomic E-state index is -0.603. The van der Waals surface area contributed by atoms with Gasteiger partial charge in [0.25, 0.3) is 11.8 Å². The van der Waals surface area contributed by atoms with E-state index in [0.717, 1.165) is 18.5 Å². The average Bonchev–Trinajstić information content (AvgIpc) is 3.61.